The van der Waals surface area contributed by atoms with Gasteiger partial charge in [-0.1, -0.05) is 12.5 Å². The molecule has 1 heterocycles. The van der Waals surface area contributed by atoms with Gasteiger partial charge in [0.2, 0.25) is 0 Å². The maximum absolute atomic E-state index is 12.5. The minimum absolute atomic E-state index is 0.383. The van der Waals surface area contributed by atoms with Crippen molar-refractivity contribution in [3.8, 4) is 0 Å². The molecule has 0 aromatic carbocycles. The molecular formula is C15H23NO. The first-order valence-electron chi connectivity index (χ1n) is 7.26. The standard InChI is InChI=1S/C15H23NO/c17-14(12-5-3-1-2-4-6-12)13-11-15(13)7-9-16-10-8-15/h5,13,16H,1-4,6-11H2. The van der Waals surface area contributed by atoms with Crippen LogP contribution in [0, 0.1) is 11.3 Å². The molecule has 1 N–H and O–H groups in total. The number of piperidine rings is 1. The summed E-state index contributed by atoms with van der Waals surface area (Å²) in [5, 5.41) is 3.40. The summed E-state index contributed by atoms with van der Waals surface area (Å²) < 4.78 is 0. The van der Waals surface area contributed by atoms with Crippen molar-refractivity contribution in [2.24, 2.45) is 11.3 Å². The Kier molecular flexibility index (Phi) is 3.08. The molecule has 17 heavy (non-hydrogen) atoms. The van der Waals surface area contributed by atoms with Crippen molar-refractivity contribution < 1.29 is 4.79 Å². The lowest BCUT2D eigenvalue weighted by molar-refractivity contribution is -0.117. The molecule has 1 aliphatic heterocycles. The van der Waals surface area contributed by atoms with Gasteiger partial charge in [0.25, 0.3) is 0 Å². The molecule has 1 atom stereocenters. The quantitative estimate of drug-likeness (QED) is 0.794. The molecule has 2 fully saturated rings. The fourth-order valence-electron chi connectivity index (χ4n) is 3.66. The summed E-state index contributed by atoms with van der Waals surface area (Å²) >= 11 is 0. The number of nitrogens with one attached hydrogen (secondary N) is 1. The molecule has 1 unspecified atom stereocenters. The zero-order chi connectivity index (χ0) is 11.7. The molecule has 2 nitrogen and oxygen atoms in total. The van der Waals surface area contributed by atoms with Gasteiger partial charge in [-0.2, -0.15) is 0 Å². The molecule has 2 aliphatic carbocycles. The second kappa shape index (κ2) is 4.56. The van der Waals surface area contributed by atoms with Gasteiger partial charge in [-0.25, -0.2) is 0 Å². The minimum Gasteiger partial charge on any atom is -0.317 e. The lowest BCUT2D eigenvalue weighted by atomic mass is 9.88. The molecule has 1 saturated carbocycles. The minimum atomic E-state index is 0.383. The highest BCUT2D eigenvalue weighted by molar-refractivity contribution is 5.99. The smallest absolute Gasteiger partial charge is 0.162 e. The molecule has 0 amide bonds. The number of hydrogen-bond acceptors (Lipinski definition) is 2. The van der Waals surface area contributed by atoms with Gasteiger partial charge in [-0.3, -0.25) is 4.79 Å². The largest absolute Gasteiger partial charge is 0.317 e. The van der Waals surface area contributed by atoms with Gasteiger partial charge in [0.15, 0.2) is 5.78 Å². The highest BCUT2D eigenvalue weighted by Gasteiger charge is 2.57. The van der Waals surface area contributed by atoms with E-state index in [0.717, 1.165) is 25.9 Å². The van der Waals surface area contributed by atoms with Crippen LogP contribution in [-0.2, 0) is 4.79 Å². The van der Waals surface area contributed by atoms with E-state index in [1.54, 1.807) is 0 Å². The topological polar surface area (TPSA) is 29.1 Å². The molecule has 1 spiro atoms. The Labute approximate surface area is 104 Å². The van der Waals surface area contributed by atoms with Crippen LogP contribution in [0.5, 0.6) is 0 Å². The van der Waals surface area contributed by atoms with E-state index < -0.39 is 0 Å². The van der Waals surface area contributed by atoms with Gasteiger partial charge in [0.05, 0.1) is 0 Å². The maximum atomic E-state index is 12.5. The van der Waals surface area contributed by atoms with Crippen LogP contribution in [0.2, 0.25) is 0 Å². The van der Waals surface area contributed by atoms with Crippen molar-refractivity contribution in [1.82, 2.24) is 5.32 Å². The van der Waals surface area contributed by atoms with E-state index in [1.165, 1.54) is 44.1 Å². The Morgan fingerprint density at radius 3 is 2.88 bits per heavy atom. The van der Waals surface area contributed by atoms with Crippen molar-refractivity contribution in [3.05, 3.63) is 11.6 Å². The Morgan fingerprint density at radius 2 is 2.06 bits per heavy atom. The van der Waals surface area contributed by atoms with Gasteiger partial charge in [-0.05, 0) is 69.0 Å². The van der Waals surface area contributed by atoms with E-state index in [-0.39, 0.29) is 0 Å². The lowest BCUT2D eigenvalue weighted by Crippen LogP contribution is -2.30. The summed E-state index contributed by atoms with van der Waals surface area (Å²) in [6.45, 7) is 2.23. The van der Waals surface area contributed by atoms with Gasteiger partial charge >= 0.3 is 0 Å². The third-order valence-corrected chi connectivity index (χ3v) is 4.96. The Morgan fingerprint density at radius 1 is 1.24 bits per heavy atom. The van der Waals surface area contributed by atoms with Crippen LogP contribution in [0.1, 0.15) is 51.4 Å². The SMILES string of the molecule is O=C(C1=CCCCCC1)C1CC12CCNCC2. The number of ketones is 1. The van der Waals surface area contributed by atoms with E-state index >= 15 is 0 Å². The molecular weight excluding hydrogens is 210 g/mol. The predicted octanol–water partition coefficient (Wildman–Crippen LogP) is 2.84. The van der Waals surface area contributed by atoms with E-state index in [2.05, 4.69) is 11.4 Å². The third kappa shape index (κ3) is 2.20. The van der Waals surface area contributed by atoms with Crippen molar-refractivity contribution in [3.63, 3.8) is 0 Å². The van der Waals surface area contributed by atoms with Crippen molar-refractivity contribution in [2.45, 2.75) is 51.4 Å². The molecule has 1 saturated heterocycles. The molecule has 0 bridgehead atoms. The Balaban J connectivity index is 1.65. The second-order valence-corrected chi connectivity index (χ2v) is 6.06. The summed E-state index contributed by atoms with van der Waals surface area (Å²) in [6, 6.07) is 0. The van der Waals surface area contributed by atoms with Crippen LogP contribution in [0.4, 0.5) is 0 Å². The zero-order valence-electron chi connectivity index (χ0n) is 10.6. The van der Waals surface area contributed by atoms with Crippen LogP contribution >= 0.6 is 0 Å². The van der Waals surface area contributed by atoms with Crippen molar-refractivity contribution in [1.29, 1.82) is 0 Å². The average molecular weight is 233 g/mol. The fourth-order valence-corrected chi connectivity index (χ4v) is 3.66. The average Bonchev–Trinajstić information content (AvgIpc) is 3.10. The van der Waals surface area contributed by atoms with Crippen LogP contribution in [0.25, 0.3) is 0 Å². The summed E-state index contributed by atoms with van der Waals surface area (Å²) in [7, 11) is 0. The van der Waals surface area contributed by atoms with Gasteiger partial charge < -0.3 is 5.32 Å². The summed E-state index contributed by atoms with van der Waals surface area (Å²) in [4.78, 5) is 12.5. The highest BCUT2D eigenvalue weighted by atomic mass is 16.1. The first-order chi connectivity index (χ1) is 8.32. The number of carbonyl (C=O) groups excluding carboxylic acids is 1. The van der Waals surface area contributed by atoms with E-state index in [9.17, 15) is 4.79 Å². The van der Waals surface area contributed by atoms with E-state index in [0.29, 0.717) is 17.1 Å². The summed E-state index contributed by atoms with van der Waals surface area (Å²) in [5.41, 5.74) is 1.58. The van der Waals surface area contributed by atoms with Gasteiger partial charge in [0, 0.05) is 5.92 Å². The molecule has 0 aromatic heterocycles. The number of rotatable bonds is 2. The second-order valence-electron chi connectivity index (χ2n) is 6.06. The number of Topliss-reactive ketones (excluding diaryl/α,β-unsaturated/α-hetero) is 1. The molecule has 3 rings (SSSR count). The molecule has 0 radical (unpaired) electrons. The number of carbonyl (C=O) groups is 1. The van der Waals surface area contributed by atoms with Crippen molar-refractivity contribution in [2.75, 3.05) is 13.1 Å². The van der Waals surface area contributed by atoms with Crippen LogP contribution in [0.15, 0.2) is 11.6 Å². The Bertz CT molecular complexity index is 339. The monoisotopic (exact) mass is 233 g/mol. The summed E-state index contributed by atoms with van der Waals surface area (Å²) in [6.07, 6.45) is 11.8. The molecule has 94 valence electrons. The number of hydrogen-bond donors (Lipinski definition) is 1. The third-order valence-electron chi connectivity index (χ3n) is 4.96. The van der Waals surface area contributed by atoms with Gasteiger partial charge in [0.1, 0.15) is 0 Å². The van der Waals surface area contributed by atoms with Crippen molar-refractivity contribution >= 4 is 5.78 Å². The lowest BCUT2D eigenvalue weighted by Gasteiger charge is -2.23. The first-order valence-corrected chi connectivity index (χ1v) is 7.26. The Hall–Kier alpha value is -0.630. The first kappa shape index (κ1) is 11.5. The fraction of sp³-hybridized carbons (Fsp3) is 0.800. The van der Waals surface area contributed by atoms with E-state index in [1.807, 2.05) is 0 Å². The number of allylic oxidation sites excluding steroid dienone is 2. The highest BCUT2D eigenvalue weighted by Crippen LogP contribution is 2.59. The molecule has 2 heteroatoms. The molecule has 0 aromatic rings. The predicted molar refractivity (Wildman–Crippen MR) is 68.8 cm³/mol. The van der Waals surface area contributed by atoms with Crippen LogP contribution in [-0.4, -0.2) is 18.9 Å². The van der Waals surface area contributed by atoms with Crippen LogP contribution < -0.4 is 5.32 Å². The zero-order valence-corrected chi connectivity index (χ0v) is 10.6. The van der Waals surface area contributed by atoms with Crippen LogP contribution in [0.3, 0.4) is 0 Å². The summed E-state index contributed by atoms with van der Waals surface area (Å²) in [5.74, 6) is 0.891. The van der Waals surface area contributed by atoms with E-state index in [4.69, 9.17) is 0 Å². The maximum Gasteiger partial charge on any atom is 0.162 e. The van der Waals surface area contributed by atoms with Gasteiger partial charge in [-0.15, -0.1) is 0 Å². The normalized spacial score (nSPS) is 31.8. The molecule has 3 aliphatic rings.